The van der Waals surface area contributed by atoms with E-state index in [2.05, 4.69) is 301 Å². The molecule has 15 rings (SSSR count). The van der Waals surface area contributed by atoms with E-state index in [4.69, 9.17) is 0 Å². The number of nitrogens with zero attached hydrogens (tertiary/aromatic N) is 2. The van der Waals surface area contributed by atoms with Crippen molar-refractivity contribution in [1.82, 2.24) is 0 Å². The van der Waals surface area contributed by atoms with Gasteiger partial charge in [-0.3, -0.25) is 0 Å². The standard InChI is InChI=1S/C73H48N2/c1-5-19-49(20-6-1)52-24-17-30-60(41-52)74(58-26-9-3-10-27-58)62-38-35-54-45-66-67-46-55-36-39-63(75(59-28-11-4-12-29-59)61-31-18-25-53(42-61)50-21-7-2-8-22-50)44-57(55)48-71(67)73(70(66)47-56(54)43-62)68-34-16-15-33-65(68)72-64-32-14-13-23-51(64)37-40-69(72)73/h1-48H. The van der Waals surface area contributed by atoms with Crippen LogP contribution in [0.1, 0.15) is 22.3 Å². The first-order valence-corrected chi connectivity index (χ1v) is 26.0. The number of anilines is 6. The molecule has 0 radical (unpaired) electrons. The Hall–Kier alpha value is -9.76. The normalized spacial score (nSPS) is 12.6. The van der Waals surface area contributed by atoms with E-state index in [-0.39, 0.29) is 0 Å². The van der Waals surface area contributed by atoms with Gasteiger partial charge in [0.05, 0.1) is 5.41 Å². The monoisotopic (exact) mass is 952 g/mol. The summed E-state index contributed by atoms with van der Waals surface area (Å²) >= 11 is 0. The number of rotatable bonds is 8. The van der Waals surface area contributed by atoms with Gasteiger partial charge >= 0.3 is 0 Å². The molecule has 0 heterocycles. The maximum atomic E-state index is 2.53. The molecule has 0 atom stereocenters. The second-order valence-corrected chi connectivity index (χ2v) is 20.0. The molecule has 0 aliphatic heterocycles. The molecule has 0 saturated carbocycles. The van der Waals surface area contributed by atoms with E-state index in [1.807, 2.05) is 0 Å². The Morgan fingerprint density at radius 3 is 1.19 bits per heavy atom. The summed E-state index contributed by atoms with van der Waals surface area (Å²) in [4.78, 5) is 4.80. The molecule has 350 valence electrons. The zero-order valence-electron chi connectivity index (χ0n) is 41.1. The molecule has 13 aromatic carbocycles. The van der Waals surface area contributed by atoms with Crippen molar-refractivity contribution in [2.75, 3.05) is 9.80 Å². The average molecular weight is 953 g/mol. The van der Waals surface area contributed by atoms with Gasteiger partial charge in [0, 0.05) is 34.1 Å². The van der Waals surface area contributed by atoms with Gasteiger partial charge in [0.1, 0.15) is 0 Å². The average Bonchev–Trinajstić information content (AvgIpc) is 4.17. The molecule has 0 N–H and O–H groups in total. The van der Waals surface area contributed by atoms with Crippen molar-refractivity contribution in [1.29, 1.82) is 0 Å². The van der Waals surface area contributed by atoms with Crippen molar-refractivity contribution in [3.63, 3.8) is 0 Å². The minimum absolute atomic E-state index is 0.582. The fourth-order valence-corrected chi connectivity index (χ4v) is 12.6. The molecule has 2 heteroatoms. The third-order valence-corrected chi connectivity index (χ3v) is 15.9. The van der Waals surface area contributed by atoms with Crippen LogP contribution in [0.25, 0.3) is 76.8 Å². The molecule has 75 heavy (non-hydrogen) atoms. The molecule has 2 aliphatic carbocycles. The molecule has 1 spiro atoms. The first-order valence-electron chi connectivity index (χ1n) is 26.0. The van der Waals surface area contributed by atoms with Gasteiger partial charge in [-0.15, -0.1) is 0 Å². The lowest BCUT2D eigenvalue weighted by molar-refractivity contribution is 0.797. The highest BCUT2D eigenvalue weighted by Gasteiger charge is 2.52. The Bertz CT molecular complexity index is 4140. The van der Waals surface area contributed by atoms with E-state index in [1.54, 1.807) is 0 Å². The Labute approximate surface area is 437 Å². The van der Waals surface area contributed by atoms with Gasteiger partial charge in [0.15, 0.2) is 0 Å². The van der Waals surface area contributed by atoms with E-state index >= 15 is 0 Å². The van der Waals surface area contributed by atoms with Gasteiger partial charge in [-0.05, 0) is 196 Å². The van der Waals surface area contributed by atoms with Crippen LogP contribution in [0.15, 0.2) is 291 Å². The number of para-hydroxylation sites is 2. The highest BCUT2D eigenvalue weighted by atomic mass is 15.1. The minimum atomic E-state index is -0.582. The largest absolute Gasteiger partial charge is 0.310 e. The number of hydrogen-bond donors (Lipinski definition) is 0. The van der Waals surface area contributed by atoms with Gasteiger partial charge in [-0.25, -0.2) is 0 Å². The first-order chi connectivity index (χ1) is 37.2. The van der Waals surface area contributed by atoms with E-state index in [1.165, 1.54) is 99.1 Å². The SMILES string of the molecule is c1ccc(-c2cccc(N(c3ccccc3)c3ccc4cc5c(cc4c3)C3(c4cc6cc(N(c7ccccc7)c7cccc(-c8ccccc8)c7)ccc6cc4-5)c4ccccc4-c4c3ccc3ccccc43)c2)cc1. The molecule has 0 bridgehead atoms. The zero-order chi connectivity index (χ0) is 49.5. The third-order valence-electron chi connectivity index (χ3n) is 15.9. The van der Waals surface area contributed by atoms with Crippen LogP contribution in [0.2, 0.25) is 0 Å². The van der Waals surface area contributed by atoms with Gasteiger partial charge in [-0.1, -0.05) is 194 Å². The van der Waals surface area contributed by atoms with E-state index in [0.29, 0.717) is 0 Å². The number of hydrogen-bond acceptors (Lipinski definition) is 2. The molecular formula is C73H48N2. The summed E-state index contributed by atoms with van der Waals surface area (Å²) in [5.74, 6) is 0. The lowest BCUT2D eigenvalue weighted by Gasteiger charge is -2.31. The molecule has 2 nitrogen and oxygen atoms in total. The first kappa shape index (κ1) is 42.9. The maximum Gasteiger partial charge on any atom is 0.0726 e. The van der Waals surface area contributed by atoms with Gasteiger partial charge in [0.25, 0.3) is 0 Å². The predicted octanol–water partition coefficient (Wildman–Crippen LogP) is 19.8. The molecule has 0 saturated heterocycles. The minimum Gasteiger partial charge on any atom is -0.310 e. The van der Waals surface area contributed by atoms with Crippen LogP contribution in [-0.4, -0.2) is 0 Å². The summed E-state index contributed by atoms with van der Waals surface area (Å²) < 4.78 is 0. The summed E-state index contributed by atoms with van der Waals surface area (Å²) in [5.41, 5.74) is 21.3. The van der Waals surface area contributed by atoms with Crippen LogP contribution >= 0.6 is 0 Å². The highest BCUT2D eigenvalue weighted by molar-refractivity contribution is 6.09. The summed E-state index contributed by atoms with van der Waals surface area (Å²) in [7, 11) is 0. The molecule has 2 aliphatic rings. The van der Waals surface area contributed by atoms with Crippen molar-refractivity contribution in [2.45, 2.75) is 5.41 Å². The smallest absolute Gasteiger partial charge is 0.0726 e. The number of fused-ring (bicyclic) bond motifs is 14. The van der Waals surface area contributed by atoms with Crippen LogP contribution in [0.5, 0.6) is 0 Å². The second-order valence-electron chi connectivity index (χ2n) is 20.0. The number of benzene rings is 13. The Kier molecular flexibility index (Phi) is 9.83. The second kappa shape index (κ2) is 17.2. The summed E-state index contributed by atoms with van der Waals surface area (Å²) in [5, 5.41) is 7.36. The van der Waals surface area contributed by atoms with Crippen LogP contribution in [0.3, 0.4) is 0 Å². The van der Waals surface area contributed by atoms with Gasteiger partial charge < -0.3 is 9.80 Å². The van der Waals surface area contributed by atoms with Crippen molar-refractivity contribution < 1.29 is 0 Å². The molecule has 0 fully saturated rings. The van der Waals surface area contributed by atoms with Gasteiger partial charge in [0.2, 0.25) is 0 Å². The predicted molar refractivity (Wildman–Crippen MR) is 315 cm³/mol. The topological polar surface area (TPSA) is 6.48 Å². The Morgan fingerprint density at radius 1 is 0.213 bits per heavy atom. The Morgan fingerprint density at radius 2 is 0.640 bits per heavy atom. The van der Waals surface area contributed by atoms with E-state index in [0.717, 1.165) is 34.1 Å². The quantitative estimate of drug-likeness (QED) is 0.150. The summed E-state index contributed by atoms with van der Waals surface area (Å²) in [6.07, 6.45) is 0. The van der Waals surface area contributed by atoms with Crippen LogP contribution < -0.4 is 9.80 Å². The van der Waals surface area contributed by atoms with E-state index in [9.17, 15) is 0 Å². The van der Waals surface area contributed by atoms with Crippen LogP contribution in [0.4, 0.5) is 34.1 Å². The fraction of sp³-hybridized carbons (Fsp3) is 0.0137. The van der Waals surface area contributed by atoms with E-state index < -0.39 is 5.41 Å². The summed E-state index contributed by atoms with van der Waals surface area (Å²) in [6, 6.07) is 108. The maximum absolute atomic E-state index is 2.53. The molecular weight excluding hydrogens is 905 g/mol. The lowest BCUT2D eigenvalue weighted by Crippen LogP contribution is -2.26. The molecule has 13 aromatic rings. The molecule has 0 aromatic heterocycles. The van der Waals surface area contributed by atoms with Crippen molar-refractivity contribution in [3.8, 4) is 44.5 Å². The van der Waals surface area contributed by atoms with Crippen LogP contribution in [-0.2, 0) is 5.41 Å². The zero-order valence-corrected chi connectivity index (χ0v) is 41.1. The molecule has 0 unspecified atom stereocenters. The lowest BCUT2D eigenvalue weighted by atomic mass is 9.70. The molecule has 0 amide bonds. The fourth-order valence-electron chi connectivity index (χ4n) is 12.6. The Balaban J connectivity index is 0.955. The van der Waals surface area contributed by atoms with Crippen molar-refractivity contribution >= 4 is 66.4 Å². The third kappa shape index (κ3) is 6.80. The summed E-state index contributed by atoms with van der Waals surface area (Å²) in [6.45, 7) is 0. The van der Waals surface area contributed by atoms with Crippen LogP contribution in [0, 0.1) is 0 Å². The highest BCUT2D eigenvalue weighted by Crippen LogP contribution is 2.65. The van der Waals surface area contributed by atoms with Crippen molar-refractivity contribution in [3.05, 3.63) is 313 Å². The van der Waals surface area contributed by atoms with Crippen molar-refractivity contribution in [2.24, 2.45) is 0 Å². The van der Waals surface area contributed by atoms with Gasteiger partial charge in [-0.2, -0.15) is 0 Å².